The van der Waals surface area contributed by atoms with Gasteiger partial charge in [-0.3, -0.25) is 0 Å². The zero-order chi connectivity index (χ0) is 25.9. The largest absolute Gasteiger partial charge is 0.508 e. The van der Waals surface area contributed by atoms with Crippen LogP contribution in [0.2, 0.25) is 0 Å². The maximum Gasteiger partial charge on any atom is 0.111 e. The van der Waals surface area contributed by atoms with Crippen LogP contribution in [0.1, 0.15) is 97.8 Å². The highest BCUT2D eigenvalue weighted by Gasteiger charge is 2.46. The monoisotopic (exact) mass is 497 g/mol. The van der Waals surface area contributed by atoms with Crippen LogP contribution in [0, 0.1) is 10.8 Å². The molecule has 1 N–H and O–H groups in total. The molecule has 1 heterocycles. The number of nitrogens with zero attached hydrogens (tertiary/aromatic N) is 3. The third-order valence-corrected chi connectivity index (χ3v) is 8.98. The summed E-state index contributed by atoms with van der Waals surface area (Å²) in [6, 6.07) is 0. The van der Waals surface area contributed by atoms with Gasteiger partial charge in [-0.15, -0.1) is 5.10 Å². The van der Waals surface area contributed by atoms with Crippen LogP contribution in [-0.2, 0) is 0 Å². The van der Waals surface area contributed by atoms with Crippen molar-refractivity contribution < 1.29 is 5.11 Å². The topological polar surface area (TPSA) is 50.9 Å². The summed E-state index contributed by atoms with van der Waals surface area (Å²) in [5.41, 5.74) is 7.64. The molecule has 0 bridgehead atoms. The van der Waals surface area contributed by atoms with Gasteiger partial charge in [-0.1, -0.05) is 101 Å². The van der Waals surface area contributed by atoms with Gasteiger partial charge in [0, 0.05) is 5.41 Å². The van der Waals surface area contributed by atoms with Crippen LogP contribution in [0.15, 0.2) is 88.6 Å². The Hall–Kier alpha value is -2.88. The summed E-state index contributed by atoms with van der Waals surface area (Å²) in [6.45, 7) is 6.93. The van der Waals surface area contributed by atoms with E-state index in [1.165, 1.54) is 97.8 Å². The Balaban J connectivity index is 1.34. The van der Waals surface area contributed by atoms with Crippen molar-refractivity contribution in [2.24, 2.45) is 10.8 Å². The molecule has 0 spiro atoms. The first-order valence-corrected chi connectivity index (χ1v) is 14.5. The number of hydrogen-bond donors (Lipinski definition) is 1. The fraction of sp³-hybridized carbons (Fsp3) is 0.515. The van der Waals surface area contributed by atoms with E-state index in [2.05, 4.69) is 61.5 Å². The maximum atomic E-state index is 10.1. The maximum absolute atomic E-state index is 10.1. The van der Waals surface area contributed by atoms with Crippen LogP contribution in [0.3, 0.4) is 0 Å². The number of aliphatic hydroxyl groups is 1. The molecule has 1 aromatic heterocycles. The van der Waals surface area contributed by atoms with Gasteiger partial charge in [-0.25, -0.2) is 4.68 Å². The molecule has 2 atom stereocenters. The molecular weight excluding hydrogens is 454 g/mol. The third-order valence-electron chi connectivity index (χ3n) is 8.98. The van der Waals surface area contributed by atoms with Crippen molar-refractivity contribution in [3.8, 4) is 0 Å². The van der Waals surface area contributed by atoms with E-state index in [-0.39, 0.29) is 10.8 Å². The fourth-order valence-corrected chi connectivity index (χ4v) is 6.71. The van der Waals surface area contributed by atoms with Gasteiger partial charge in [0.1, 0.15) is 5.76 Å². The zero-order valence-electron chi connectivity index (χ0n) is 23.0. The first-order valence-electron chi connectivity index (χ1n) is 14.5. The van der Waals surface area contributed by atoms with Crippen molar-refractivity contribution >= 4 is 5.70 Å². The van der Waals surface area contributed by atoms with Crippen LogP contribution in [0.5, 0.6) is 0 Å². The molecular formula is C33H43N3O. The van der Waals surface area contributed by atoms with E-state index in [1.54, 1.807) is 6.20 Å². The normalized spacial score (nSPS) is 26.1. The van der Waals surface area contributed by atoms with Crippen molar-refractivity contribution in [2.45, 2.75) is 97.8 Å². The van der Waals surface area contributed by atoms with Crippen LogP contribution in [-0.4, -0.2) is 20.1 Å². The van der Waals surface area contributed by atoms with Gasteiger partial charge in [-0.2, -0.15) is 0 Å². The molecule has 0 unspecified atom stereocenters. The van der Waals surface area contributed by atoms with E-state index in [0.29, 0.717) is 5.76 Å². The number of hydrogen-bond acceptors (Lipinski definition) is 3. The second-order valence-electron chi connectivity index (χ2n) is 11.7. The summed E-state index contributed by atoms with van der Waals surface area (Å²) in [4.78, 5) is 0. The van der Waals surface area contributed by atoms with Crippen LogP contribution in [0.25, 0.3) is 5.70 Å². The smallest absolute Gasteiger partial charge is 0.111 e. The lowest BCUT2D eigenvalue weighted by molar-refractivity contribution is 0.400. The van der Waals surface area contributed by atoms with Crippen LogP contribution >= 0.6 is 0 Å². The molecule has 196 valence electrons. The van der Waals surface area contributed by atoms with Crippen molar-refractivity contribution in [3.63, 3.8) is 0 Å². The summed E-state index contributed by atoms with van der Waals surface area (Å²) in [5.74, 6) is 0.377. The minimum atomic E-state index is -0.227. The standard InChI is InChI=1S/C33H43N3O/c1-4-5-6-7-8-9-10-11-12-13-14-25-23-30(36-22-21-34-35-36)33(3)20-18-29-28(31(25)33)16-15-26-24-27(37)17-19-32(26,29)2/h15-18,20-24,37H,4-14,19H2,1-3H3/t32-,33-/m1/s1. The molecule has 5 rings (SSSR count). The van der Waals surface area contributed by atoms with E-state index in [1.807, 2.05) is 23.0 Å². The van der Waals surface area contributed by atoms with E-state index < -0.39 is 0 Å². The van der Waals surface area contributed by atoms with Crippen molar-refractivity contribution in [1.29, 1.82) is 0 Å². The van der Waals surface area contributed by atoms with Gasteiger partial charge in [0.25, 0.3) is 0 Å². The molecule has 4 heteroatoms. The molecule has 0 fully saturated rings. The number of aromatic nitrogens is 3. The van der Waals surface area contributed by atoms with E-state index in [4.69, 9.17) is 0 Å². The lowest BCUT2D eigenvalue weighted by atomic mass is 9.61. The average molecular weight is 498 g/mol. The second kappa shape index (κ2) is 10.8. The Morgan fingerprint density at radius 2 is 1.65 bits per heavy atom. The Kier molecular flexibility index (Phi) is 7.55. The Morgan fingerprint density at radius 3 is 2.35 bits per heavy atom. The van der Waals surface area contributed by atoms with Gasteiger partial charge in [0.05, 0.1) is 23.5 Å². The SMILES string of the molecule is CCCCCCCCCCCCC1=C2C3=C(C=C[C@]2(C)C(n2ccnn2)=C1)[C@]1(C)CC=C(O)C=C1C=C3. The van der Waals surface area contributed by atoms with Crippen molar-refractivity contribution in [3.05, 3.63) is 88.6 Å². The minimum Gasteiger partial charge on any atom is -0.508 e. The summed E-state index contributed by atoms with van der Waals surface area (Å²) in [7, 11) is 0. The highest BCUT2D eigenvalue weighted by atomic mass is 16.3. The first-order chi connectivity index (χ1) is 18.0. The van der Waals surface area contributed by atoms with Crippen LogP contribution < -0.4 is 0 Å². The predicted octanol–water partition coefficient (Wildman–Crippen LogP) is 8.96. The zero-order valence-corrected chi connectivity index (χ0v) is 23.0. The Morgan fingerprint density at radius 1 is 0.919 bits per heavy atom. The lowest BCUT2D eigenvalue weighted by Gasteiger charge is -2.43. The van der Waals surface area contributed by atoms with E-state index >= 15 is 0 Å². The summed E-state index contributed by atoms with van der Waals surface area (Å²) >= 11 is 0. The van der Waals surface area contributed by atoms with E-state index in [0.717, 1.165) is 12.8 Å². The van der Waals surface area contributed by atoms with Gasteiger partial charge < -0.3 is 5.11 Å². The molecule has 4 aliphatic carbocycles. The van der Waals surface area contributed by atoms with Gasteiger partial charge in [0.2, 0.25) is 0 Å². The molecule has 0 aliphatic heterocycles. The Bertz CT molecular complexity index is 1220. The number of fused-ring (bicyclic) bond motifs is 4. The number of allylic oxidation sites excluding steroid dienone is 13. The second-order valence-corrected chi connectivity index (χ2v) is 11.7. The molecule has 0 saturated carbocycles. The van der Waals surface area contributed by atoms with Crippen molar-refractivity contribution in [1.82, 2.24) is 15.0 Å². The molecule has 37 heavy (non-hydrogen) atoms. The average Bonchev–Trinajstić information content (AvgIpc) is 3.51. The Labute approximate surface area is 222 Å². The lowest BCUT2D eigenvalue weighted by Crippen LogP contribution is -2.31. The predicted molar refractivity (Wildman–Crippen MR) is 153 cm³/mol. The number of rotatable bonds is 12. The van der Waals surface area contributed by atoms with E-state index in [9.17, 15) is 5.11 Å². The minimum absolute atomic E-state index is 0.112. The molecule has 4 aliphatic rings. The summed E-state index contributed by atoms with van der Waals surface area (Å²) < 4.78 is 1.95. The molecule has 4 nitrogen and oxygen atoms in total. The molecule has 1 aromatic rings. The van der Waals surface area contributed by atoms with Gasteiger partial charge >= 0.3 is 0 Å². The molecule has 0 aromatic carbocycles. The number of aliphatic hydroxyl groups excluding tert-OH is 1. The van der Waals surface area contributed by atoms with Gasteiger partial charge in [-0.05, 0) is 72.3 Å². The van der Waals surface area contributed by atoms with Crippen molar-refractivity contribution in [2.75, 3.05) is 0 Å². The van der Waals surface area contributed by atoms with Gasteiger partial charge in [0.15, 0.2) is 0 Å². The highest BCUT2D eigenvalue weighted by molar-refractivity contribution is 5.79. The first kappa shape index (κ1) is 25.8. The quantitative estimate of drug-likeness (QED) is 0.293. The summed E-state index contributed by atoms with van der Waals surface area (Å²) in [6.07, 6.45) is 34.7. The molecule has 0 saturated heterocycles. The number of unbranched alkanes of at least 4 members (excludes halogenated alkanes) is 9. The fourth-order valence-electron chi connectivity index (χ4n) is 6.71. The third kappa shape index (κ3) is 4.87. The summed E-state index contributed by atoms with van der Waals surface area (Å²) in [5, 5.41) is 18.6. The molecule has 0 radical (unpaired) electrons. The van der Waals surface area contributed by atoms with Crippen LogP contribution in [0.4, 0.5) is 0 Å². The highest BCUT2D eigenvalue weighted by Crippen LogP contribution is 2.59. The molecule has 0 amide bonds.